The molecule has 0 spiro atoms. The number of hydrogen-bond acceptors (Lipinski definition) is 4. The molecule has 1 saturated heterocycles. The average Bonchev–Trinajstić information content (AvgIpc) is 3.01. The van der Waals surface area contributed by atoms with Crippen molar-refractivity contribution in [2.24, 2.45) is 5.92 Å². The van der Waals surface area contributed by atoms with Crippen LogP contribution in [0.4, 0.5) is 0 Å². The molecule has 1 saturated carbocycles. The Kier molecular flexibility index (Phi) is 3.48. The molecular weight excluding hydrogens is 240 g/mol. The summed E-state index contributed by atoms with van der Waals surface area (Å²) in [6, 6.07) is 4.22. The second kappa shape index (κ2) is 5.27. The van der Waals surface area contributed by atoms with E-state index in [0.29, 0.717) is 12.0 Å². The van der Waals surface area contributed by atoms with E-state index in [9.17, 15) is 4.79 Å². The molecule has 2 fully saturated rings. The first kappa shape index (κ1) is 12.6. The van der Waals surface area contributed by atoms with Gasteiger partial charge in [-0.05, 0) is 31.4 Å². The maximum Gasteiger partial charge on any atom is 0.239 e. The number of amides is 1. The molecule has 0 bridgehead atoms. The van der Waals surface area contributed by atoms with E-state index < -0.39 is 0 Å². The summed E-state index contributed by atoms with van der Waals surface area (Å²) in [7, 11) is 0. The Morgan fingerprint density at radius 1 is 1.47 bits per heavy atom. The van der Waals surface area contributed by atoms with E-state index in [1.807, 2.05) is 19.1 Å². The molecule has 5 heteroatoms. The van der Waals surface area contributed by atoms with Gasteiger partial charge in [-0.2, -0.15) is 0 Å². The lowest BCUT2D eigenvalue weighted by Crippen LogP contribution is -2.46. The predicted octanol–water partition coefficient (Wildman–Crippen LogP) is 0.904. The van der Waals surface area contributed by atoms with Crippen molar-refractivity contribution in [1.29, 1.82) is 0 Å². The quantitative estimate of drug-likeness (QED) is 0.755. The van der Waals surface area contributed by atoms with Gasteiger partial charge in [0.15, 0.2) is 0 Å². The molecule has 1 aliphatic carbocycles. The van der Waals surface area contributed by atoms with Gasteiger partial charge in [-0.1, -0.05) is 12.5 Å². The highest BCUT2D eigenvalue weighted by molar-refractivity contribution is 5.83. The lowest BCUT2D eigenvalue weighted by Gasteiger charge is -2.20. The fourth-order valence-electron chi connectivity index (χ4n) is 3.15. The molecule has 3 N–H and O–H groups in total. The van der Waals surface area contributed by atoms with Crippen molar-refractivity contribution in [2.75, 3.05) is 0 Å². The highest BCUT2D eigenvalue weighted by Gasteiger charge is 2.42. The Morgan fingerprint density at radius 3 is 3.16 bits per heavy atom. The van der Waals surface area contributed by atoms with Gasteiger partial charge in [-0.3, -0.25) is 15.2 Å². The third-order valence-electron chi connectivity index (χ3n) is 4.25. The van der Waals surface area contributed by atoms with Gasteiger partial charge in [0.05, 0.1) is 6.04 Å². The van der Waals surface area contributed by atoms with Crippen molar-refractivity contribution in [1.82, 2.24) is 21.2 Å². The van der Waals surface area contributed by atoms with Crippen LogP contribution in [0.15, 0.2) is 24.5 Å². The second-order valence-corrected chi connectivity index (χ2v) is 5.48. The highest BCUT2D eigenvalue weighted by Crippen LogP contribution is 2.31. The van der Waals surface area contributed by atoms with Crippen LogP contribution in [0.25, 0.3) is 0 Å². The number of pyridine rings is 1. The fourth-order valence-corrected chi connectivity index (χ4v) is 3.15. The molecule has 1 aromatic heterocycles. The number of carbonyl (C=O) groups excluding carboxylic acids is 1. The van der Waals surface area contributed by atoms with Gasteiger partial charge in [0.25, 0.3) is 0 Å². The normalized spacial score (nSPS) is 30.9. The van der Waals surface area contributed by atoms with Crippen LogP contribution in [-0.4, -0.2) is 23.0 Å². The monoisotopic (exact) mass is 260 g/mol. The van der Waals surface area contributed by atoms with Gasteiger partial charge in [-0.15, -0.1) is 0 Å². The molecular formula is C14H20N4O. The lowest BCUT2D eigenvalue weighted by molar-refractivity contribution is -0.124. The summed E-state index contributed by atoms with van der Waals surface area (Å²) in [5.41, 5.74) is 7.41. The number of fused-ring (bicyclic) bond motifs is 1. The molecule has 4 unspecified atom stereocenters. The van der Waals surface area contributed by atoms with E-state index in [0.717, 1.165) is 12.0 Å². The van der Waals surface area contributed by atoms with Crippen LogP contribution in [0, 0.1) is 5.92 Å². The van der Waals surface area contributed by atoms with Gasteiger partial charge in [0, 0.05) is 24.4 Å². The maximum atomic E-state index is 12.3. The van der Waals surface area contributed by atoms with E-state index >= 15 is 0 Å². The number of nitrogens with zero attached hydrogens (tertiary/aromatic N) is 1. The molecule has 1 amide bonds. The molecule has 1 aromatic rings. The van der Waals surface area contributed by atoms with Crippen molar-refractivity contribution in [3.8, 4) is 0 Å². The molecule has 0 radical (unpaired) electrons. The molecule has 3 rings (SSSR count). The summed E-state index contributed by atoms with van der Waals surface area (Å²) >= 11 is 0. The summed E-state index contributed by atoms with van der Waals surface area (Å²) in [6.07, 6.45) is 7.04. The summed E-state index contributed by atoms with van der Waals surface area (Å²) in [4.78, 5) is 16.4. The Bertz CT molecular complexity index is 450. The molecule has 2 heterocycles. The predicted molar refractivity (Wildman–Crippen MR) is 72.0 cm³/mol. The number of carbonyl (C=O) groups is 1. The zero-order valence-corrected chi connectivity index (χ0v) is 11.1. The van der Waals surface area contributed by atoms with Gasteiger partial charge in [0.1, 0.15) is 6.04 Å². The van der Waals surface area contributed by atoms with E-state index in [2.05, 4.69) is 21.2 Å². The summed E-state index contributed by atoms with van der Waals surface area (Å²) in [6.45, 7) is 1.99. The maximum absolute atomic E-state index is 12.3. The smallest absolute Gasteiger partial charge is 0.239 e. The Labute approximate surface area is 113 Å². The van der Waals surface area contributed by atoms with E-state index in [1.54, 1.807) is 12.4 Å². The Hall–Kier alpha value is -1.46. The largest absolute Gasteiger partial charge is 0.348 e. The van der Waals surface area contributed by atoms with Crippen LogP contribution in [0.1, 0.15) is 37.8 Å². The highest BCUT2D eigenvalue weighted by atomic mass is 16.2. The van der Waals surface area contributed by atoms with Gasteiger partial charge in [0.2, 0.25) is 5.91 Å². The van der Waals surface area contributed by atoms with Crippen molar-refractivity contribution in [3.63, 3.8) is 0 Å². The Morgan fingerprint density at radius 2 is 2.37 bits per heavy atom. The molecule has 5 nitrogen and oxygen atoms in total. The van der Waals surface area contributed by atoms with Gasteiger partial charge in [-0.25, -0.2) is 5.43 Å². The van der Waals surface area contributed by atoms with Crippen LogP contribution in [0.5, 0.6) is 0 Å². The van der Waals surface area contributed by atoms with Crippen LogP contribution in [0.3, 0.4) is 0 Å². The number of nitrogens with one attached hydrogen (secondary N) is 3. The van der Waals surface area contributed by atoms with E-state index in [-0.39, 0.29) is 18.0 Å². The number of hydrazine groups is 1. The minimum Gasteiger partial charge on any atom is -0.348 e. The first-order valence-electron chi connectivity index (χ1n) is 6.97. The molecule has 102 valence electrons. The first-order valence-corrected chi connectivity index (χ1v) is 6.97. The van der Waals surface area contributed by atoms with Gasteiger partial charge >= 0.3 is 0 Å². The molecule has 4 atom stereocenters. The third kappa shape index (κ3) is 2.48. The number of aromatic nitrogens is 1. The second-order valence-electron chi connectivity index (χ2n) is 5.48. The van der Waals surface area contributed by atoms with Crippen molar-refractivity contribution < 1.29 is 4.79 Å². The average molecular weight is 260 g/mol. The SMILES string of the molecule is CC(NC(=O)C1NNC2CCCC21)c1cccnc1. The number of rotatable bonds is 3. The lowest BCUT2D eigenvalue weighted by atomic mass is 9.96. The first-order chi connectivity index (χ1) is 9.25. The zero-order valence-electron chi connectivity index (χ0n) is 11.1. The van der Waals surface area contributed by atoms with E-state index in [4.69, 9.17) is 0 Å². The minimum atomic E-state index is -0.105. The number of hydrogen-bond donors (Lipinski definition) is 3. The van der Waals surface area contributed by atoms with Crippen LogP contribution in [0.2, 0.25) is 0 Å². The van der Waals surface area contributed by atoms with Crippen molar-refractivity contribution in [3.05, 3.63) is 30.1 Å². The Balaban J connectivity index is 1.62. The van der Waals surface area contributed by atoms with Crippen LogP contribution >= 0.6 is 0 Å². The van der Waals surface area contributed by atoms with Crippen LogP contribution in [-0.2, 0) is 4.79 Å². The van der Waals surface area contributed by atoms with E-state index in [1.165, 1.54) is 12.8 Å². The van der Waals surface area contributed by atoms with Crippen LogP contribution < -0.4 is 16.2 Å². The van der Waals surface area contributed by atoms with Crippen molar-refractivity contribution in [2.45, 2.75) is 44.3 Å². The van der Waals surface area contributed by atoms with Crippen molar-refractivity contribution >= 4 is 5.91 Å². The topological polar surface area (TPSA) is 66.1 Å². The summed E-state index contributed by atoms with van der Waals surface area (Å²) in [5.74, 6) is 0.513. The zero-order chi connectivity index (χ0) is 13.2. The standard InChI is InChI=1S/C14H20N4O/c1-9(10-4-3-7-15-8-10)16-14(19)13-11-5-2-6-12(11)17-18-13/h3-4,7-9,11-13,17-18H,2,5-6H2,1H3,(H,16,19). The van der Waals surface area contributed by atoms with Gasteiger partial charge < -0.3 is 5.32 Å². The summed E-state index contributed by atoms with van der Waals surface area (Å²) in [5, 5.41) is 3.07. The summed E-state index contributed by atoms with van der Waals surface area (Å²) < 4.78 is 0. The molecule has 2 aliphatic rings. The third-order valence-corrected chi connectivity index (χ3v) is 4.25. The minimum absolute atomic E-state index is 0.0107. The molecule has 0 aromatic carbocycles. The molecule has 1 aliphatic heterocycles. The fraction of sp³-hybridized carbons (Fsp3) is 0.571. The molecule has 19 heavy (non-hydrogen) atoms.